The van der Waals surface area contributed by atoms with Gasteiger partial charge in [-0.2, -0.15) is 8.78 Å². The SMILES string of the molecule is O=C(CN1CCC(N2CCCC2)C1)Nc1ccc(OC(F)F)cc1. The van der Waals surface area contributed by atoms with E-state index in [0.717, 1.165) is 19.5 Å². The van der Waals surface area contributed by atoms with E-state index in [0.29, 0.717) is 18.3 Å². The molecule has 2 fully saturated rings. The van der Waals surface area contributed by atoms with E-state index in [9.17, 15) is 13.6 Å². The molecule has 2 heterocycles. The molecule has 2 saturated heterocycles. The lowest BCUT2D eigenvalue weighted by atomic mass is 10.2. The molecule has 1 aromatic carbocycles. The number of amides is 1. The third-order valence-corrected chi connectivity index (χ3v) is 4.64. The second-order valence-corrected chi connectivity index (χ2v) is 6.37. The first-order chi connectivity index (χ1) is 11.6. The average molecular weight is 339 g/mol. The first-order valence-corrected chi connectivity index (χ1v) is 8.41. The third-order valence-electron chi connectivity index (χ3n) is 4.64. The Morgan fingerprint density at radius 1 is 1.21 bits per heavy atom. The molecule has 1 atom stereocenters. The van der Waals surface area contributed by atoms with Gasteiger partial charge in [0.25, 0.3) is 0 Å². The van der Waals surface area contributed by atoms with Crippen molar-refractivity contribution < 1.29 is 18.3 Å². The van der Waals surface area contributed by atoms with E-state index in [1.54, 1.807) is 12.1 Å². The van der Waals surface area contributed by atoms with Crippen molar-refractivity contribution in [2.24, 2.45) is 0 Å². The van der Waals surface area contributed by atoms with E-state index >= 15 is 0 Å². The molecule has 0 bridgehead atoms. The zero-order chi connectivity index (χ0) is 16.9. The van der Waals surface area contributed by atoms with Gasteiger partial charge in [0, 0.05) is 24.8 Å². The van der Waals surface area contributed by atoms with Crippen molar-refractivity contribution in [3.8, 4) is 5.75 Å². The Labute approximate surface area is 140 Å². The van der Waals surface area contributed by atoms with E-state index in [-0.39, 0.29) is 11.7 Å². The average Bonchev–Trinajstić information content (AvgIpc) is 3.19. The number of likely N-dealkylation sites (tertiary alicyclic amines) is 2. The largest absolute Gasteiger partial charge is 0.435 e. The smallest absolute Gasteiger partial charge is 0.387 e. The molecule has 0 saturated carbocycles. The maximum absolute atomic E-state index is 12.1. The van der Waals surface area contributed by atoms with Gasteiger partial charge in [0.05, 0.1) is 6.54 Å². The van der Waals surface area contributed by atoms with Crippen LogP contribution in [-0.2, 0) is 4.79 Å². The van der Waals surface area contributed by atoms with Crippen LogP contribution in [0.1, 0.15) is 19.3 Å². The number of carbonyl (C=O) groups is 1. The highest BCUT2D eigenvalue weighted by molar-refractivity contribution is 5.92. The lowest BCUT2D eigenvalue weighted by Crippen LogP contribution is -2.37. The second-order valence-electron chi connectivity index (χ2n) is 6.37. The number of benzene rings is 1. The van der Waals surface area contributed by atoms with Gasteiger partial charge < -0.3 is 10.1 Å². The number of hydrogen-bond acceptors (Lipinski definition) is 4. The minimum atomic E-state index is -2.84. The van der Waals surface area contributed by atoms with Crippen molar-refractivity contribution in [1.29, 1.82) is 0 Å². The van der Waals surface area contributed by atoms with Gasteiger partial charge in [0.1, 0.15) is 5.75 Å². The molecule has 2 aliphatic heterocycles. The zero-order valence-corrected chi connectivity index (χ0v) is 13.6. The molecule has 132 valence electrons. The monoisotopic (exact) mass is 339 g/mol. The molecule has 3 rings (SSSR count). The minimum Gasteiger partial charge on any atom is -0.435 e. The number of carbonyl (C=O) groups excluding carboxylic acids is 1. The fraction of sp³-hybridized carbons (Fsp3) is 0.588. The van der Waals surface area contributed by atoms with Crippen molar-refractivity contribution in [3.63, 3.8) is 0 Å². The lowest BCUT2D eigenvalue weighted by molar-refractivity contribution is -0.117. The van der Waals surface area contributed by atoms with Crippen molar-refractivity contribution in [1.82, 2.24) is 9.80 Å². The van der Waals surface area contributed by atoms with Crippen LogP contribution in [0, 0.1) is 0 Å². The van der Waals surface area contributed by atoms with Crippen molar-refractivity contribution in [2.75, 3.05) is 38.0 Å². The molecule has 5 nitrogen and oxygen atoms in total. The number of anilines is 1. The Balaban J connectivity index is 1.44. The highest BCUT2D eigenvalue weighted by Gasteiger charge is 2.29. The first kappa shape index (κ1) is 17.1. The molecule has 1 amide bonds. The maximum Gasteiger partial charge on any atom is 0.387 e. The summed E-state index contributed by atoms with van der Waals surface area (Å²) in [6.45, 7) is 1.75. The molecule has 0 aromatic heterocycles. The van der Waals surface area contributed by atoms with E-state index in [2.05, 4.69) is 19.9 Å². The Morgan fingerprint density at radius 2 is 1.92 bits per heavy atom. The molecule has 1 aromatic rings. The summed E-state index contributed by atoms with van der Waals surface area (Å²) in [5, 5.41) is 2.80. The summed E-state index contributed by atoms with van der Waals surface area (Å²) in [6.07, 6.45) is 3.68. The predicted molar refractivity (Wildman–Crippen MR) is 87.4 cm³/mol. The van der Waals surface area contributed by atoms with E-state index in [1.807, 2.05) is 0 Å². The van der Waals surface area contributed by atoms with Gasteiger partial charge in [0.2, 0.25) is 5.91 Å². The summed E-state index contributed by atoms with van der Waals surface area (Å²) in [4.78, 5) is 16.8. The summed E-state index contributed by atoms with van der Waals surface area (Å²) in [5.41, 5.74) is 0.580. The highest BCUT2D eigenvalue weighted by atomic mass is 19.3. The summed E-state index contributed by atoms with van der Waals surface area (Å²) in [6, 6.07) is 6.53. The summed E-state index contributed by atoms with van der Waals surface area (Å²) >= 11 is 0. The van der Waals surface area contributed by atoms with Crippen molar-refractivity contribution >= 4 is 11.6 Å². The Morgan fingerprint density at radius 3 is 2.58 bits per heavy atom. The Hall–Kier alpha value is -1.73. The number of ether oxygens (including phenoxy) is 1. The molecule has 7 heteroatoms. The third kappa shape index (κ3) is 4.64. The van der Waals surface area contributed by atoms with Crippen LogP contribution in [0.4, 0.5) is 14.5 Å². The fourth-order valence-corrected chi connectivity index (χ4v) is 3.48. The summed E-state index contributed by atoms with van der Waals surface area (Å²) in [5.74, 6) is -0.00408. The number of halogens is 2. The first-order valence-electron chi connectivity index (χ1n) is 8.41. The highest BCUT2D eigenvalue weighted by Crippen LogP contribution is 2.21. The second kappa shape index (κ2) is 7.90. The van der Waals surface area contributed by atoms with Gasteiger partial charge in [-0.3, -0.25) is 14.6 Å². The van der Waals surface area contributed by atoms with Crippen molar-refractivity contribution in [3.05, 3.63) is 24.3 Å². The molecule has 2 aliphatic rings. The summed E-state index contributed by atoms with van der Waals surface area (Å²) in [7, 11) is 0. The number of nitrogens with one attached hydrogen (secondary N) is 1. The predicted octanol–water partition coefficient (Wildman–Crippen LogP) is 2.40. The van der Waals surface area contributed by atoms with Gasteiger partial charge in [-0.15, -0.1) is 0 Å². The van der Waals surface area contributed by atoms with Crippen LogP contribution in [0.3, 0.4) is 0 Å². The molecule has 0 aliphatic carbocycles. The zero-order valence-electron chi connectivity index (χ0n) is 13.6. The van der Waals surface area contributed by atoms with Crippen LogP contribution in [0.25, 0.3) is 0 Å². The molecule has 0 radical (unpaired) electrons. The maximum atomic E-state index is 12.1. The number of nitrogens with zero attached hydrogens (tertiary/aromatic N) is 2. The standard InChI is InChI=1S/C17H23F2N3O2/c18-17(19)24-15-5-3-13(4-6-15)20-16(23)12-21-10-7-14(11-21)22-8-1-2-9-22/h3-6,14,17H,1-2,7-12H2,(H,20,23). The molecular weight excluding hydrogens is 316 g/mol. The normalized spacial score (nSPS) is 22.2. The van der Waals surface area contributed by atoms with Gasteiger partial charge in [-0.1, -0.05) is 0 Å². The topological polar surface area (TPSA) is 44.8 Å². The molecule has 1 unspecified atom stereocenters. The van der Waals surface area contributed by atoms with Gasteiger partial charge >= 0.3 is 6.61 Å². The van der Waals surface area contributed by atoms with Gasteiger partial charge in [-0.25, -0.2) is 0 Å². The van der Waals surface area contributed by atoms with E-state index in [4.69, 9.17) is 0 Å². The minimum absolute atomic E-state index is 0.0796. The van der Waals surface area contributed by atoms with E-state index in [1.165, 1.54) is 38.1 Å². The molecule has 24 heavy (non-hydrogen) atoms. The summed E-state index contributed by atoms with van der Waals surface area (Å²) < 4.78 is 28.5. The number of hydrogen-bond donors (Lipinski definition) is 1. The number of alkyl halides is 2. The van der Waals surface area contributed by atoms with Crippen molar-refractivity contribution in [2.45, 2.75) is 31.9 Å². The fourth-order valence-electron chi connectivity index (χ4n) is 3.48. The van der Waals surface area contributed by atoms with E-state index < -0.39 is 6.61 Å². The van der Waals surface area contributed by atoms with Gasteiger partial charge in [-0.05, 0) is 56.6 Å². The van der Waals surface area contributed by atoms with Crippen LogP contribution in [0.5, 0.6) is 5.75 Å². The molecular formula is C17H23F2N3O2. The Kier molecular flexibility index (Phi) is 5.63. The van der Waals surface area contributed by atoms with Crippen LogP contribution in [0.2, 0.25) is 0 Å². The van der Waals surface area contributed by atoms with Crippen LogP contribution < -0.4 is 10.1 Å². The van der Waals surface area contributed by atoms with Crippen LogP contribution in [0.15, 0.2) is 24.3 Å². The quantitative estimate of drug-likeness (QED) is 0.864. The molecule has 0 spiro atoms. The van der Waals surface area contributed by atoms with Crippen LogP contribution in [-0.4, -0.2) is 61.1 Å². The lowest BCUT2D eigenvalue weighted by Gasteiger charge is -2.23. The number of rotatable bonds is 6. The Bertz CT molecular complexity index is 547. The van der Waals surface area contributed by atoms with Gasteiger partial charge in [0.15, 0.2) is 0 Å². The van der Waals surface area contributed by atoms with Crippen LogP contribution >= 0.6 is 0 Å². The molecule has 1 N–H and O–H groups in total.